The summed E-state index contributed by atoms with van der Waals surface area (Å²) in [7, 11) is 0. The molecule has 1 atom stereocenters. The molecule has 0 saturated heterocycles. The van der Waals surface area contributed by atoms with Gasteiger partial charge in [0.15, 0.2) is 0 Å². The molecule has 0 aliphatic carbocycles. The summed E-state index contributed by atoms with van der Waals surface area (Å²) in [5.74, 6) is -0.444. The summed E-state index contributed by atoms with van der Waals surface area (Å²) in [6.45, 7) is 5.45. The summed E-state index contributed by atoms with van der Waals surface area (Å²) in [5, 5.41) is 6.07. The van der Waals surface area contributed by atoms with Crippen molar-refractivity contribution in [3.05, 3.63) is 35.2 Å². The number of amides is 2. The highest BCUT2D eigenvalue weighted by Gasteiger charge is 2.22. The van der Waals surface area contributed by atoms with Crippen molar-refractivity contribution < 1.29 is 9.59 Å². The summed E-state index contributed by atoms with van der Waals surface area (Å²) >= 11 is 5.92. The van der Waals surface area contributed by atoms with E-state index in [-0.39, 0.29) is 17.7 Å². The third-order valence-electron chi connectivity index (χ3n) is 3.22. The monoisotopic (exact) mass is 322 g/mol. The van der Waals surface area contributed by atoms with Crippen LogP contribution in [-0.2, 0) is 16.1 Å². The minimum atomic E-state index is -0.552. The van der Waals surface area contributed by atoms with Gasteiger partial charge in [-0.05, 0) is 18.1 Å². The van der Waals surface area contributed by atoms with E-state index in [9.17, 15) is 9.59 Å². The number of carbonyl (C=O) groups excluding carboxylic acids is 2. The van der Waals surface area contributed by atoms with Gasteiger partial charge in [-0.3, -0.25) is 9.59 Å². The van der Waals surface area contributed by atoms with Crippen LogP contribution in [0.5, 0.6) is 0 Å². The lowest BCUT2D eigenvalue weighted by atomic mass is 10.0. The van der Waals surface area contributed by atoms with Crippen LogP contribution >= 0.6 is 11.6 Å². The lowest BCUT2D eigenvalue weighted by molar-refractivity contribution is -0.129. The maximum Gasteiger partial charge on any atom is 0.243 e. The Hall–Kier alpha value is -2.08. The van der Waals surface area contributed by atoms with Gasteiger partial charge in [-0.2, -0.15) is 0 Å². The molecule has 0 bridgehead atoms. The van der Waals surface area contributed by atoms with E-state index in [0.29, 0.717) is 11.6 Å². The molecule has 2 rings (SSSR count). The van der Waals surface area contributed by atoms with E-state index in [2.05, 4.69) is 15.6 Å². The molecule has 2 N–H and O–H groups in total. The largest absolute Gasteiger partial charge is 0.349 e. The fraction of sp³-hybridized carbons (Fsp3) is 0.400. The lowest BCUT2D eigenvalue weighted by Crippen LogP contribution is -2.48. The van der Waals surface area contributed by atoms with Crippen LogP contribution in [0.25, 0.3) is 5.65 Å². The van der Waals surface area contributed by atoms with Gasteiger partial charge in [0.2, 0.25) is 11.8 Å². The van der Waals surface area contributed by atoms with Gasteiger partial charge in [-0.25, -0.2) is 4.98 Å². The Balaban J connectivity index is 2.03. The fourth-order valence-corrected chi connectivity index (χ4v) is 2.31. The van der Waals surface area contributed by atoms with Gasteiger partial charge in [0.05, 0.1) is 17.3 Å². The smallest absolute Gasteiger partial charge is 0.243 e. The van der Waals surface area contributed by atoms with E-state index in [1.54, 1.807) is 16.7 Å². The lowest BCUT2D eigenvalue weighted by Gasteiger charge is -2.20. The van der Waals surface area contributed by atoms with Gasteiger partial charge in [-0.15, -0.1) is 0 Å². The van der Waals surface area contributed by atoms with Crippen molar-refractivity contribution in [3.63, 3.8) is 0 Å². The Morgan fingerprint density at radius 2 is 2.05 bits per heavy atom. The molecule has 2 aromatic heterocycles. The zero-order valence-electron chi connectivity index (χ0n) is 12.8. The first-order valence-electron chi connectivity index (χ1n) is 7.04. The second kappa shape index (κ2) is 6.79. The molecule has 22 heavy (non-hydrogen) atoms. The van der Waals surface area contributed by atoms with E-state index >= 15 is 0 Å². The number of rotatable bonds is 5. The van der Waals surface area contributed by atoms with Gasteiger partial charge >= 0.3 is 0 Å². The third kappa shape index (κ3) is 3.98. The van der Waals surface area contributed by atoms with Gasteiger partial charge in [0.25, 0.3) is 0 Å². The molecule has 0 fully saturated rings. The number of pyridine rings is 1. The van der Waals surface area contributed by atoms with E-state index in [4.69, 9.17) is 11.6 Å². The van der Waals surface area contributed by atoms with Crippen LogP contribution < -0.4 is 10.6 Å². The molecular formula is C15H19ClN4O2. The molecule has 0 spiro atoms. The number of carbonyl (C=O) groups is 2. The number of hydrogen-bond acceptors (Lipinski definition) is 3. The number of hydrogen-bond donors (Lipinski definition) is 2. The third-order valence-corrected chi connectivity index (χ3v) is 3.44. The molecule has 2 amide bonds. The van der Waals surface area contributed by atoms with E-state index in [0.717, 1.165) is 11.3 Å². The first kappa shape index (κ1) is 16.3. The maximum atomic E-state index is 12.2. The Labute approximate surface area is 133 Å². The first-order chi connectivity index (χ1) is 10.4. The summed E-state index contributed by atoms with van der Waals surface area (Å²) in [5.41, 5.74) is 1.48. The van der Waals surface area contributed by atoms with Crippen LogP contribution in [0.1, 0.15) is 26.5 Å². The van der Waals surface area contributed by atoms with Crippen LogP contribution in [-0.4, -0.2) is 27.2 Å². The van der Waals surface area contributed by atoms with Crippen LogP contribution in [0.3, 0.4) is 0 Å². The number of nitrogens with one attached hydrogen (secondary N) is 2. The summed E-state index contributed by atoms with van der Waals surface area (Å²) < 4.78 is 1.80. The second-order valence-corrected chi connectivity index (χ2v) is 5.92. The van der Waals surface area contributed by atoms with Crippen molar-refractivity contribution in [2.75, 3.05) is 0 Å². The van der Waals surface area contributed by atoms with Crippen molar-refractivity contribution >= 4 is 29.1 Å². The topological polar surface area (TPSA) is 75.5 Å². The minimum Gasteiger partial charge on any atom is -0.349 e. The number of halogens is 1. The molecule has 118 valence electrons. The van der Waals surface area contributed by atoms with Crippen molar-refractivity contribution in [3.8, 4) is 0 Å². The summed E-state index contributed by atoms with van der Waals surface area (Å²) in [4.78, 5) is 27.7. The zero-order chi connectivity index (χ0) is 16.3. The molecule has 0 radical (unpaired) electrons. The SMILES string of the molecule is CC(=O)NC(C(=O)NCc1cn2cc(Cl)ccc2n1)C(C)C. The highest BCUT2D eigenvalue weighted by atomic mass is 35.5. The Morgan fingerprint density at radius 1 is 1.32 bits per heavy atom. The van der Waals surface area contributed by atoms with E-state index in [1.807, 2.05) is 26.1 Å². The molecule has 7 heteroatoms. The molecule has 1 unspecified atom stereocenters. The van der Waals surface area contributed by atoms with Crippen LogP contribution in [0.15, 0.2) is 24.5 Å². The Morgan fingerprint density at radius 3 is 2.68 bits per heavy atom. The maximum absolute atomic E-state index is 12.2. The number of aromatic nitrogens is 2. The van der Waals surface area contributed by atoms with Gasteiger partial charge < -0.3 is 15.0 Å². The average Bonchev–Trinajstić information content (AvgIpc) is 2.83. The molecule has 0 aliphatic rings. The van der Waals surface area contributed by atoms with Crippen molar-refractivity contribution in [1.82, 2.24) is 20.0 Å². The van der Waals surface area contributed by atoms with Gasteiger partial charge in [-0.1, -0.05) is 25.4 Å². The predicted molar refractivity (Wildman–Crippen MR) is 84.5 cm³/mol. The predicted octanol–water partition coefficient (Wildman–Crippen LogP) is 1.76. The molecule has 0 aliphatic heterocycles. The molecular weight excluding hydrogens is 304 g/mol. The summed E-state index contributed by atoms with van der Waals surface area (Å²) in [6.07, 6.45) is 3.56. The average molecular weight is 323 g/mol. The highest BCUT2D eigenvalue weighted by molar-refractivity contribution is 6.30. The fourth-order valence-electron chi connectivity index (χ4n) is 2.14. The molecule has 2 aromatic rings. The second-order valence-electron chi connectivity index (χ2n) is 5.49. The first-order valence-corrected chi connectivity index (χ1v) is 7.42. The van der Waals surface area contributed by atoms with Crippen LogP contribution in [0.4, 0.5) is 0 Å². The molecule has 2 heterocycles. The zero-order valence-corrected chi connectivity index (χ0v) is 13.5. The van der Waals surface area contributed by atoms with Gasteiger partial charge in [0.1, 0.15) is 11.7 Å². The van der Waals surface area contributed by atoms with Crippen molar-refractivity contribution in [2.45, 2.75) is 33.4 Å². The minimum absolute atomic E-state index is 0.00350. The Bertz CT molecular complexity index is 696. The standard InChI is InChI=1S/C15H19ClN4O2/c1-9(2)14(18-10(3)21)15(22)17-6-12-8-20-7-11(16)4-5-13(20)19-12/h4-5,7-9,14H,6H2,1-3H3,(H,17,22)(H,18,21). The highest BCUT2D eigenvalue weighted by Crippen LogP contribution is 2.11. The van der Waals surface area contributed by atoms with E-state index in [1.165, 1.54) is 6.92 Å². The quantitative estimate of drug-likeness (QED) is 0.881. The van der Waals surface area contributed by atoms with Crippen LogP contribution in [0.2, 0.25) is 5.02 Å². The molecule has 0 saturated carbocycles. The number of fused-ring (bicyclic) bond motifs is 1. The molecule has 6 nitrogen and oxygen atoms in total. The van der Waals surface area contributed by atoms with Crippen molar-refractivity contribution in [1.29, 1.82) is 0 Å². The van der Waals surface area contributed by atoms with Crippen LogP contribution in [0, 0.1) is 5.92 Å². The number of nitrogens with zero attached hydrogens (tertiary/aromatic N) is 2. The Kier molecular flexibility index (Phi) is 5.03. The normalized spacial score (nSPS) is 12.4. The van der Waals surface area contributed by atoms with Gasteiger partial charge in [0, 0.05) is 19.3 Å². The summed E-state index contributed by atoms with van der Waals surface area (Å²) in [6, 6.07) is 3.02. The number of imidazole rings is 1. The molecule has 0 aromatic carbocycles. The van der Waals surface area contributed by atoms with Crippen molar-refractivity contribution in [2.24, 2.45) is 5.92 Å². The van der Waals surface area contributed by atoms with E-state index < -0.39 is 6.04 Å².